The van der Waals surface area contributed by atoms with E-state index in [1.165, 1.54) is 24.3 Å². The van der Waals surface area contributed by atoms with Crippen LogP contribution >= 0.6 is 23.2 Å². The highest BCUT2D eigenvalue weighted by molar-refractivity contribution is 6.36. The minimum absolute atomic E-state index is 0.144. The number of hydrogen-bond donors (Lipinski definition) is 3. The van der Waals surface area contributed by atoms with E-state index in [0.29, 0.717) is 0 Å². The quantitative estimate of drug-likeness (QED) is 0.529. The number of carboxylic acids is 1. The summed E-state index contributed by atoms with van der Waals surface area (Å²) in [4.78, 5) is 10.5. The average Bonchev–Trinajstić information content (AvgIpc) is 2.60. The van der Waals surface area contributed by atoms with Crippen molar-refractivity contribution in [3.63, 3.8) is 0 Å². The first-order chi connectivity index (χ1) is 13.2. The lowest BCUT2D eigenvalue weighted by Crippen LogP contribution is -2.25. The van der Waals surface area contributed by atoms with E-state index < -0.39 is 24.6 Å². The highest BCUT2D eigenvalue weighted by atomic mass is 35.5. The number of carboxylic acid groups (broad SMARTS) is 1. The molecule has 0 amide bonds. The standard InChI is InChI=1S/C19H19Cl2FO6/c20-15-7-16(21)18(28-10-14(24)5-13(23)6-19(25)26)8-17(15)27-9-11-1-3-12(22)4-2-11/h1-4,7-8,13-14,23-24H,5-6,9-10H2,(H,25,26)/t13-,14?/m1/s1. The molecule has 152 valence electrons. The highest BCUT2D eigenvalue weighted by Gasteiger charge is 2.17. The van der Waals surface area contributed by atoms with E-state index in [-0.39, 0.29) is 47.0 Å². The Morgan fingerprint density at radius 2 is 1.61 bits per heavy atom. The van der Waals surface area contributed by atoms with Crippen molar-refractivity contribution < 1.29 is 34.0 Å². The van der Waals surface area contributed by atoms with Gasteiger partial charge >= 0.3 is 5.97 Å². The normalized spacial score (nSPS) is 13.0. The number of ether oxygens (including phenoxy) is 2. The molecule has 0 aliphatic carbocycles. The van der Waals surface area contributed by atoms with Gasteiger partial charge in [0.1, 0.15) is 30.5 Å². The summed E-state index contributed by atoms with van der Waals surface area (Å²) < 4.78 is 24.0. The smallest absolute Gasteiger partial charge is 0.305 e. The molecule has 0 spiro atoms. The molecule has 0 bridgehead atoms. The maximum Gasteiger partial charge on any atom is 0.305 e. The molecule has 3 N–H and O–H groups in total. The molecule has 0 saturated heterocycles. The molecule has 0 radical (unpaired) electrons. The molecular weight excluding hydrogens is 414 g/mol. The monoisotopic (exact) mass is 432 g/mol. The maximum absolute atomic E-state index is 12.9. The van der Waals surface area contributed by atoms with Crippen molar-refractivity contribution in [1.29, 1.82) is 0 Å². The molecule has 0 aliphatic rings. The van der Waals surface area contributed by atoms with E-state index in [2.05, 4.69) is 0 Å². The van der Waals surface area contributed by atoms with Crippen LogP contribution in [0.1, 0.15) is 18.4 Å². The van der Waals surface area contributed by atoms with Crippen molar-refractivity contribution in [3.05, 3.63) is 57.8 Å². The molecule has 2 rings (SSSR count). The SMILES string of the molecule is O=C(O)C[C@H](O)CC(O)COc1cc(OCc2ccc(F)cc2)c(Cl)cc1Cl. The zero-order chi connectivity index (χ0) is 20.7. The van der Waals surface area contributed by atoms with Crippen LogP contribution in [-0.2, 0) is 11.4 Å². The zero-order valence-electron chi connectivity index (χ0n) is 14.6. The highest BCUT2D eigenvalue weighted by Crippen LogP contribution is 2.36. The van der Waals surface area contributed by atoms with E-state index in [4.69, 9.17) is 37.8 Å². The van der Waals surface area contributed by atoms with Gasteiger partial charge in [-0.1, -0.05) is 35.3 Å². The first-order valence-corrected chi connectivity index (χ1v) is 9.07. The van der Waals surface area contributed by atoms with Crippen molar-refractivity contribution in [1.82, 2.24) is 0 Å². The second-order valence-corrected chi connectivity index (χ2v) is 6.89. The van der Waals surface area contributed by atoms with E-state index in [0.717, 1.165) is 5.56 Å². The zero-order valence-corrected chi connectivity index (χ0v) is 16.2. The molecule has 1 unspecified atom stereocenters. The number of halogens is 3. The third kappa shape index (κ3) is 7.16. The first-order valence-electron chi connectivity index (χ1n) is 8.31. The number of benzene rings is 2. The number of hydrogen-bond acceptors (Lipinski definition) is 5. The van der Waals surface area contributed by atoms with Crippen LogP contribution in [0.25, 0.3) is 0 Å². The van der Waals surface area contributed by atoms with E-state index >= 15 is 0 Å². The Balaban J connectivity index is 1.96. The van der Waals surface area contributed by atoms with Crippen molar-refractivity contribution in [2.24, 2.45) is 0 Å². The van der Waals surface area contributed by atoms with Gasteiger partial charge in [0.05, 0.1) is 28.7 Å². The third-order valence-corrected chi connectivity index (χ3v) is 4.27. The second-order valence-electron chi connectivity index (χ2n) is 6.08. The van der Waals surface area contributed by atoms with Crippen LogP contribution in [0, 0.1) is 5.82 Å². The summed E-state index contributed by atoms with van der Waals surface area (Å²) in [6.07, 6.45) is -2.91. The van der Waals surface area contributed by atoms with Crippen LogP contribution in [0.5, 0.6) is 11.5 Å². The van der Waals surface area contributed by atoms with Crippen molar-refractivity contribution in [2.45, 2.75) is 31.7 Å². The molecule has 6 nitrogen and oxygen atoms in total. The Morgan fingerprint density at radius 3 is 2.21 bits per heavy atom. The second kappa shape index (κ2) is 10.5. The summed E-state index contributed by atoms with van der Waals surface area (Å²) in [6.45, 7) is -0.0689. The van der Waals surface area contributed by atoms with Crippen molar-refractivity contribution in [3.8, 4) is 11.5 Å². The number of carbonyl (C=O) groups is 1. The Kier molecular flexibility index (Phi) is 8.32. The molecule has 28 heavy (non-hydrogen) atoms. The van der Waals surface area contributed by atoms with Crippen LogP contribution in [0.3, 0.4) is 0 Å². The molecular formula is C19H19Cl2FO6. The largest absolute Gasteiger partial charge is 0.489 e. The summed E-state index contributed by atoms with van der Waals surface area (Å²) in [7, 11) is 0. The van der Waals surface area contributed by atoms with E-state index in [9.17, 15) is 19.4 Å². The van der Waals surface area contributed by atoms with Gasteiger partial charge in [0.15, 0.2) is 0 Å². The van der Waals surface area contributed by atoms with Crippen molar-refractivity contribution in [2.75, 3.05) is 6.61 Å². The molecule has 0 aromatic heterocycles. The summed E-state index contributed by atoms with van der Waals surface area (Å²) >= 11 is 12.2. The minimum Gasteiger partial charge on any atom is -0.489 e. The Labute approximate surface area is 171 Å². The topological polar surface area (TPSA) is 96.2 Å². The van der Waals surface area contributed by atoms with Gasteiger partial charge in [-0.25, -0.2) is 4.39 Å². The van der Waals surface area contributed by atoms with Gasteiger partial charge in [-0.05, 0) is 23.8 Å². The lowest BCUT2D eigenvalue weighted by Gasteiger charge is -2.17. The van der Waals surface area contributed by atoms with Gasteiger partial charge in [-0.2, -0.15) is 0 Å². The van der Waals surface area contributed by atoms with E-state index in [1.54, 1.807) is 12.1 Å². The Morgan fingerprint density at radius 1 is 1.00 bits per heavy atom. The lowest BCUT2D eigenvalue weighted by molar-refractivity contribution is -0.139. The molecule has 0 saturated carbocycles. The molecule has 2 aromatic rings. The fraction of sp³-hybridized carbons (Fsp3) is 0.316. The fourth-order valence-corrected chi connectivity index (χ4v) is 2.82. The Bertz CT molecular complexity index is 800. The number of aliphatic hydroxyl groups excluding tert-OH is 2. The predicted octanol–water partition coefficient (Wildman–Crippen LogP) is 3.68. The Hall–Kier alpha value is -2.06. The predicted molar refractivity (Wildman–Crippen MR) is 102 cm³/mol. The third-order valence-electron chi connectivity index (χ3n) is 3.68. The number of aliphatic hydroxyl groups is 2. The van der Waals surface area contributed by atoms with E-state index in [1.807, 2.05) is 0 Å². The minimum atomic E-state index is -1.19. The molecule has 2 aromatic carbocycles. The summed E-state index contributed by atoms with van der Waals surface area (Å²) in [6, 6.07) is 8.66. The van der Waals surface area contributed by atoms with Gasteiger partial charge in [0, 0.05) is 12.5 Å². The van der Waals surface area contributed by atoms with Crippen LogP contribution in [0.2, 0.25) is 10.0 Å². The van der Waals surface area contributed by atoms with Gasteiger partial charge < -0.3 is 24.8 Å². The molecule has 9 heteroatoms. The van der Waals surface area contributed by atoms with Crippen LogP contribution in [0.4, 0.5) is 4.39 Å². The van der Waals surface area contributed by atoms with Crippen LogP contribution < -0.4 is 9.47 Å². The molecule has 0 heterocycles. The van der Waals surface area contributed by atoms with Crippen LogP contribution in [0.15, 0.2) is 36.4 Å². The first kappa shape index (κ1) is 22.2. The van der Waals surface area contributed by atoms with Gasteiger partial charge in [0.25, 0.3) is 0 Å². The fourth-order valence-electron chi connectivity index (χ4n) is 2.33. The summed E-state index contributed by atoms with van der Waals surface area (Å²) in [5.74, 6) is -1.03. The lowest BCUT2D eigenvalue weighted by atomic mass is 10.1. The molecule has 2 atom stereocenters. The van der Waals surface area contributed by atoms with Crippen molar-refractivity contribution >= 4 is 29.2 Å². The summed E-state index contributed by atoms with van der Waals surface area (Å²) in [5.41, 5.74) is 0.734. The molecule has 0 fully saturated rings. The number of rotatable bonds is 10. The van der Waals surface area contributed by atoms with Crippen LogP contribution in [-0.4, -0.2) is 40.1 Å². The van der Waals surface area contributed by atoms with Gasteiger partial charge in [-0.3, -0.25) is 4.79 Å². The maximum atomic E-state index is 12.9. The van der Waals surface area contributed by atoms with Gasteiger partial charge in [-0.15, -0.1) is 0 Å². The average molecular weight is 433 g/mol. The molecule has 0 aliphatic heterocycles. The van der Waals surface area contributed by atoms with Gasteiger partial charge in [0.2, 0.25) is 0 Å². The summed E-state index contributed by atoms with van der Waals surface area (Å²) in [5, 5.41) is 28.5. The number of aliphatic carboxylic acids is 1.